The van der Waals surface area contributed by atoms with Crippen molar-refractivity contribution in [2.75, 3.05) is 0 Å². The van der Waals surface area contributed by atoms with E-state index in [1.165, 1.54) is 0 Å². The molecule has 2 rings (SSSR count). The van der Waals surface area contributed by atoms with Gasteiger partial charge in [-0.15, -0.1) is 0 Å². The van der Waals surface area contributed by atoms with Gasteiger partial charge in [0.1, 0.15) is 5.60 Å². The molecule has 0 fully saturated rings. The molecule has 2 nitrogen and oxygen atoms in total. The zero-order valence-corrected chi connectivity index (χ0v) is 9.38. The highest BCUT2D eigenvalue weighted by molar-refractivity contribution is 5.36. The molecule has 0 atom stereocenters. The van der Waals surface area contributed by atoms with Gasteiger partial charge < -0.3 is 5.11 Å². The fourth-order valence-electron chi connectivity index (χ4n) is 1.91. The molecule has 2 aromatic carbocycles. The highest BCUT2D eigenvalue weighted by Crippen LogP contribution is 2.32. The van der Waals surface area contributed by atoms with Crippen molar-refractivity contribution in [2.24, 2.45) is 0 Å². The molecule has 0 radical (unpaired) electrons. The van der Waals surface area contributed by atoms with E-state index in [-0.39, 0.29) is 6.42 Å². The minimum Gasteiger partial charge on any atom is -0.379 e. The molecular formula is C15H13NO. The highest BCUT2D eigenvalue weighted by Gasteiger charge is 2.30. The molecule has 0 spiro atoms. The van der Waals surface area contributed by atoms with Crippen molar-refractivity contribution < 1.29 is 5.11 Å². The number of benzene rings is 2. The maximum atomic E-state index is 10.7. The van der Waals surface area contributed by atoms with Gasteiger partial charge in [0.25, 0.3) is 0 Å². The van der Waals surface area contributed by atoms with Crippen LogP contribution >= 0.6 is 0 Å². The Hall–Kier alpha value is -2.11. The molecule has 2 aromatic rings. The molecule has 0 aliphatic rings. The van der Waals surface area contributed by atoms with Crippen molar-refractivity contribution in [2.45, 2.75) is 12.0 Å². The first kappa shape index (κ1) is 11.4. The summed E-state index contributed by atoms with van der Waals surface area (Å²) < 4.78 is 0. The molecule has 0 saturated carbocycles. The van der Waals surface area contributed by atoms with Crippen LogP contribution in [0.1, 0.15) is 17.5 Å². The van der Waals surface area contributed by atoms with Crippen LogP contribution in [0.3, 0.4) is 0 Å². The molecule has 17 heavy (non-hydrogen) atoms. The molecule has 0 unspecified atom stereocenters. The zero-order chi connectivity index (χ0) is 12.1. The molecule has 0 aliphatic carbocycles. The average molecular weight is 223 g/mol. The molecule has 1 N–H and O–H groups in total. The third-order valence-corrected chi connectivity index (χ3v) is 2.84. The highest BCUT2D eigenvalue weighted by atomic mass is 16.3. The molecule has 84 valence electrons. The Bertz CT molecular complexity index is 474. The lowest BCUT2D eigenvalue weighted by molar-refractivity contribution is 0.0860. The summed E-state index contributed by atoms with van der Waals surface area (Å²) in [5.74, 6) is 0. The number of hydrogen-bond acceptors (Lipinski definition) is 2. The predicted octanol–water partition coefficient (Wildman–Crippen LogP) is 2.84. The number of aliphatic hydroxyl groups is 1. The number of rotatable bonds is 3. The second-order valence-corrected chi connectivity index (χ2v) is 3.93. The minimum atomic E-state index is -1.22. The van der Waals surface area contributed by atoms with Crippen LogP contribution in [0, 0.1) is 11.3 Å². The zero-order valence-electron chi connectivity index (χ0n) is 9.38. The summed E-state index contributed by atoms with van der Waals surface area (Å²) in [6, 6.07) is 20.6. The van der Waals surface area contributed by atoms with Gasteiger partial charge in [0.05, 0.1) is 12.5 Å². The Balaban J connectivity index is 2.52. The van der Waals surface area contributed by atoms with E-state index < -0.39 is 5.60 Å². The van der Waals surface area contributed by atoms with Crippen molar-refractivity contribution in [3.8, 4) is 6.07 Å². The molecule has 0 aliphatic heterocycles. The van der Waals surface area contributed by atoms with Gasteiger partial charge in [-0.2, -0.15) is 5.26 Å². The van der Waals surface area contributed by atoms with Gasteiger partial charge in [0.15, 0.2) is 0 Å². The average Bonchev–Trinajstić information content (AvgIpc) is 2.41. The third kappa shape index (κ3) is 2.20. The summed E-state index contributed by atoms with van der Waals surface area (Å²) in [6.07, 6.45) is 0.0427. The van der Waals surface area contributed by atoms with E-state index >= 15 is 0 Å². The SMILES string of the molecule is N#CCC(O)(c1ccccc1)c1ccccc1. The van der Waals surface area contributed by atoms with Gasteiger partial charge in [-0.3, -0.25) is 0 Å². The number of nitriles is 1. The summed E-state index contributed by atoms with van der Waals surface area (Å²) in [6.45, 7) is 0. The van der Waals surface area contributed by atoms with Crippen molar-refractivity contribution in [1.29, 1.82) is 5.26 Å². The maximum absolute atomic E-state index is 10.7. The van der Waals surface area contributed by atoms with E-state index in [1.807, 2.05) is 60.7 Å². The van der Waals surface area contributed by atoms with E-state index in [0.717, 1.165) is 11.1 Å². The van der Waals surface area contributed by atoms with Crippen LogP contribution in [0.4, 0.5) is 0 Å². The van der Waals surface area contributed by atoms with Gasteiger partial charge in [0, 0.05) is 0 Å². The molecule has 0 bridgehead atoms. The molecule has 0 heterocycles. The standard InChI is InChI=1S/C15H13NO/c16-12-11-15(17,13-7-3-1-4-8-13)14-9-5-2-6-10-14/h1-10,17H,11H2. The fourth-order valence-corrected chi connectivity index (χ4v) is 1.91. The summed E-state index contributed by atoms with van der Waals surface area (Å²) >= 11 is 0. The number of hydrogen-bond donors (Lipinski definition) is 1. The van der Waals surface area contributed by atoms with E-state index in [9.17, 15) is 5.11 Å². The first-order valence-corrected chi connectivity index (χ1v) is 5.48. The minimum absolute atomic E-state index is 0.0427. The van der Waals surface area contributed by atoms with Gasteiger partial charge in [0.2, 0.25) is 0 Å². The maximum Gasteiger partial charge on any atom is 0.128 e. The monoisotopic (exact) mass is 223 g/mol. The number of nitrogens with zero attached hydrogens (tertiary/aromatic N) is 1. The summed E-state index contributed by atoms with van der Waals surface area (Å²) in [4.78, 5) is 0. The fraction of sp³-hybridized carbons (Fsp3) is 0.133. The summed E-state index contributed by atoms with van der Waals surface area (Å²) in [5, 5.41) is 19.6. The second-order valence-electron chi connectivity index (χ2n) is 3.93. The second kappa shape index (κ2) is 4.82. The lowest BCUT2D eigenvalue weighted by Crippen LogP contribution is -2.26. The van der Waals surface area contributed by atoms with E-state index in [0.29, 0.717) is 0 Å². The van der Waals surface area contributed by atoms with Gasteiger partial charge in [-0.25, -0.2) is 0 Å². The molecule has 0 amide bonds. The van der Waals surface area contributed by atoms with E-state index in [4.69, 9.17) is 5.26 Å². The largest absolute Gasteiger partial charge is 0.379 e. The van der Waals surface area contributed by atoms with Gasteiger partial charge in [-0.1, -0.05) is 60.7 Å². The quantitative estimate of drug-likeness (QED) is 0.869. The van der Waals surface area contributed by atoms with Crippen LogP contribution < -0.4 is 0 Å². The summed E-state index contributed by atoms with van der Waals surface area (Å²) in [7, 11) is 0. The normalized spacial score (nSPS) is 10.8. The topological polar surface area (TPSA) is 44.0 Å². The van der Waals surface area contributed by atoms with Crippen LogP contribution in [0.2, 0.25) is 0 Å². The molecule has 0 aromatic heterocycles. The first-order chi connectivity index (χ1) is 8.27. The predicted molar refractivity (Wildman–Crippen MR) is 66.1 cm³/mol. The van der Waals surface area contributed by atoms with Crippen LogP contribution in [0.25, 0.3) is 0 Å². The Labute approximate surface area is 101 Å². The van der Waals surface area contributed by atoms with Crippen LogP contribution in [0.15, 0.2) is 60.7 Å². The molecule has 0 saturated heterocycles. The Morgan fingerprint density at radius 3 is 1.65 bits per heavy atom. The van der Waals surface area contributed by atoms with Crippen molar-refractivity contribution in [3.63, 3.8) is 0 Å². The summed E-state index contributed by atoms with van der Waals surface area (Å²) in [5.41, 5.74) is 0.262. The lowest BCUT2D eigenvalue weighted by atomic mass is 9.84. The van der Waals surface area contributed by atoms with E-state index in [1.54, 1.807) is 0 Å². The van der Waals surface area contributed by atoms with Crippen molar-refractivity contribution >= 4 is 0 Å². The van der Waals surface area contributed by atoms with Crippen LogP contribution in [0.5, 0.6) is 0 Å². The van der Waals surface area contributed by atoms with E-state index in [2.05, 4.69) is 6.07 Å². The Morgan fingerprint density at radius 1 is 0.882 bits per heavy atom. The molecular weight excluding hydrogens is 210 g/mol. The first-order valence-electron chi connectivity index (χ1n) is 5.48. The van der Waals surface area contributed by atoms with Crippen LogP contribution in [-0.2, 0) is 5.60 Å². The van der Waals surface area contributed by atoms with Gasteiger partial charge in [-0.05, 0) is 11.1 Å². The Kier molecular flexibility index (Phi) is 3.22. The smallest absolute Gasteiger partial charge is 0.128 e. The van der Waals surface area contributed by atoms with Crippen LogP contribution in [-0.4, -0.2) is 5.11 Å². The van der Waals surface area contributed by atoms with Crippen molar-refractivity contribution in [1.82, 2.24) is 0 Å². The Morgan fingerprint density at radius 2 is 1.29 bits per heavy atom. The molecule has 2 heteroatoms. The lowest BCUT2D eigenvalue weighted by Gasteiger charge is -2.26. The van der Waals surface area contributed by atoms with Crippen molar-refractivity contribution in [3.05, 3.63) is 71.8 Å². The van der Waals surface area contributed by atoms with Gasteiger partial charge >= 0.3 is 0 Å². The third-order valence-electron chi connectivity index (χ3n) is 2.84.